The van der Waals surface area contributed by atoms with Crippen LogP contribution in [0.4, 0.5) is 8.78 Å². The maximum Gasteiger partial charge on any atom is 0.337 e. The van der Waals surface area contributed by atoms with Crippen LogP contribution in [0.2, 0.25) is 0 Å². The third kappa shape index (κ3) is 2.01. The van der Waals surface area contributed by atoms with Crippen LogP contribution in [0.1, 0.15) is 23.7 Å². The molecule has 1 unspecified atom stereocenters. The molecule has 2 N–H and O–H groups in total. The van der Waals surface area contributed by atoms with Gasteiger partial charge in [-0.25, -0.2) is 13.6 Å². The van der Waals surface area contributed by atoms with Gasteiger partial charge in [-0.3, -0.25) is 0 Å². The molecule has 1 aromatic carbocycles. The van der Waals surface area contributed by atoms with Gasteiger partial charge in [-0.1, -0.05) is 0 Å². The highest BCUT2D eigenvalue weighted by Crippen LogP contribution is 2.41. The molecular formula is C10H8F2O5. The zero-order valence-corrected chi connectivity index (χ0v) is 8.39. The molecule has 1 aliphatic heterocycles. The minimum absolute atomic E-state index is 0.00991. The van der Waals surface area contributed by atoms with Crippen LogP contribution in [-0.2, 0) is 4.79 Å². The van der Waals surface area contributed by atoms with Gasteiger partial charge in [-0.15, -0.1) is 0 Å². The number of carboxylic acid groups (broad SMARTS) is 1. The Labute approximate surface area is 94.2 Å². The number of carbonyl (C=O) groups is 1. The second kappa shape index (κ2) is 4.17. The summed E-state index contributed by atoms with van der Waals surface area (Å²) in [6.07, 6.45) is -4.71. The van der Waals surface area contributed by atoms with Crippen molar-refractivity contribution < 1.29 is 33.3 Å². The number of alkyl halides is 2. The van der Waals surface area contributed by atoms with Gasteiger partial charge in [0.15, 0.2) is 17.6 Å². The zero-order chi connectivity index (χ0) is 12.6. The number of hydrogen-bond acceptors (Lipinski definition) is 4. The van der Waals surface area contributed by atoms with Crippen molar-refractivity contribution >= 4 is 5.97 Å². The fraction of sp³-hybridized carbons (Fsp3) is 0.300. The second-order valence-electron chi connectivity index (χ2n) is 3.39. The van der Waals surface area contributed by atoms with Crippen molar-refractivity contribution in [1.29, 1.82) is 0 Å². The average Bonchev–Trinajstić information content (AvgIpc) is 2.74. The van der Waals surface area contributed by atoms with E-state index in [2.05, 4.69) is 0 Å². The van der Waals surface area contributed by atoms with Crippen LogP contribution in [0.3, 0.4) is 0 Å². The first kappa shape index (κ1) is 11.6. The molecule has 0 radical (unpaired) electrons. The van der Waals surface area contributed by atoms with Crippen molar-refractivity contribution in [3.63, 3.8) is 0 Å². The minimum Gasteiger partial charge on any atom is -0.479 e. The van der Waals surface area contributed by atoms with E-state index in [-0.39, 0.29) is 23.9 Å². The van der Waals surface area contributed by atoms with Gasteiger partial charge in [0, 0.05) is 11.1 Å². The first-order chi connectivity index (χ1) is 8.00. The molecule has 17 heavy (non-hydrogen) atoms. The van der Waals surface area contributed by atoms with E-state index in [1.165, 1.54) is 0 Å². The number of halogens is 2. The summed E-state index contributed by atoms with van der Waals surface area (Å²) >= 11 is 0. The number of rotatable bonds is 3. The molecule has 0 saturated carbocycles. The maximum absolute atomic E-state index is 12.6. The van der Waals surface area contributed by atoms with Crippen LogP contribution in [0.25, 0.3) is 0 Å². The van der Waals surface area contributed by atoms with E-state index in [0.29, 0.717) is 0 Å². The fourth-order valence-corrected chi connectivity index (χ4v) is 1.52. The number of aliphatic hydroxyl groups is 1. The highest BCUT2D eigenvalue weighted by Gasteiger charge is 2.28. The van der Waals surface area contributed by atoms with Crippen molar-refractivity contribution in [1.82, 2.24) is 0 Å². The number of benzene rings is 1. The number of aliphatic carboxylic acids is 1. The number of fused-ring (bicyclic) bond motifs is 1. The third-order valence-electron chi connectivity index (χ3n) is 2.30. The summed E-state index contributed by atoms with van der Waals surface area (Å²) in [6.45, 7) is -0.193. The number of ether oxygens (including phenoxy) is 2. The van der Waals surface area contributed by atoms with Crippen molar-refractivity contribution in [3.05, 3.63) is 23.3 Å². The molecule has 0 aliphatic carbocycles. The van der Waals surface area contributed by atoms with Gasteiger partial charge in [-0.2, -0.15) is 0 Å². The van der Waals surface area contributed by atoms with Crippen molar-refractivity contribution in [2.24, 2.45) is 0 Å². The monoisotopic (exact) mass is 246 g/mol. The fourth-order valence-electron chi connectivity index (χ4n) is 1.52. The predicted molar refractivity (Wildman–Crippen MR) is 50.1 cm³/mol. The predicted octanol–water partition coefficient (Wildman–Crippen LogP) is 1.47. The van der Waals surface area contributed by atoms with Crippen molar-refractivity contribution in [2.45, 2.75) is 12.5 Å². The Morgan fingerprint density at radius 2 is 2.06 bits per heavy atom. The lowest BCUT2D eigenvalue weighted by atomic mass is 10.0. The van der Waals surface area contributed by atoms with E-state index in [1.54, 1.807) is 0 Å². The SMILES string of the molecule is O=C(O)C(O)c1cc(C(F)F)cc2c1OCO2. The highest BCUT2D eigenvalue weighted by molar-refractivity contribution is 5.76. The molecule has 2 rings (SSSR count). The molecule has 5 nitrogen and oxygen atoms in total. The Morgan fingerprint density at radius 3 is 2.65 bits per heavy atom. The lowest BCUT2D eigenvalue weighted by Crippen LogP contribution is -2.11. The Morgan fingerprint density at radius 1 is 1.35 bits per heavy atom. The van der Waals surface area contributed by atoms with E-state index in [4.69, 9.17) is 14.6 Å². The largest absolute Gasteiger partial charge is 0.479 e. The molecule has 1 atom stereocenters. The molecular weight excluding hydrogens is 238 g/mol. The number of hydrogen-bond donors (Lipinski definition) is 2. The lowest BCUT2D eigenvalue weighted by Gasteiger charge is -2.11. The molecule has 92 valence electrons. The summed E-state index contributed by atoms with van der Waals surface area (Å²) in [7, 11) is 0. The van der Waals surface area contributed by atoms with Gasteiger partial charge >= 0.3 is 5.97 Å². The zero-order valence-electron chi connectivity index (χ0n) is 8.39. The highest BCUT2D eigenvalue weighted by atomic mass is 19.3. The van der Waals surface area contributed by atoms with Crippen LogP contribution in [0.5, 0.6) is 11.5 Å². The summed E-state index contributed by atoms with van der Waals surface area (Å²) < 4.78 is 35.0. The maximum atomic E-state index is 12.6. The number of carboxylic acids is 1. The molecule has 0 aromatic heterocycles. The van der Waals surface area contributed by atoms with Gasteiger partial charge in [0.05, 0.1) is 0 Å². The van der Waals surface area contributed by atoms with Gasteiger partial charge < -0.3 is 19.7 Å². The normalized spacial score (nSPS) is 15.1. The molecule has 1 aromatic rings. The van der Waals surface area contributed by atoms with Crippen LogP contribution < -0.4 is 9.47 Å². The van der Waals surface area contributed by atoms with Gasteiger partial charge in [0.25, 0.3) is 6.43 Å². The van der Waals surface area contributed by atoms with Crippen molar-refractivity contribution in [3.8, 4) is 11.5 Å². The standard InChI is InChI=1S/C10H8F2O5/c11-9(12)4-1-5(7(13)10(14)15)8-6(2-4)16-3-17-8/h1-2,7,9,13H,3H2,(H,14,15). The first-order valence-corrected chi connectivity index (χ1v) is 4.63. The van der Waals surface area contributed by atoms with Crippen LogP contribution >= 0.6 is 0 Å². The quantitative estimate of drug-likeness (QED) is 0.844. The Kier molecular flexibility index (Phi) is 2.84. The Balaban J connectivity index is 2.53. The summed E-state index contributed by atoms with van der Waals surface area (Å²) in [6, 6.07) is 1.96. The molecule has 7 heteroatoms. The van der Waals surface area contributed by atoms with E-state index < -0.39 is 24.1 Å². The molecule has 1 aliphatic rings. The van der Waals surface area contributed by atoms with Gasteiger partial charge in [-0.05, 0) is 12.1 Å². The van der Waals surface area contributed by atoms with E-state index >= 15 is 0 Å². The van der Waals surface area contributed by atoms with Crippen LogP contribution in [-0.4, -0.2) is 23.0 Å². The lowest BCUT2D eigenvalue weighted by molar-refractivity contribution is -0.147. The van der Waals surface area contributed by atoms with Gasteiger partial charge in [0.2, 0.25) is 6.79 Å². The molecule has 0 spiro atoms. The summed E-state index contributed by atoms with van der Waals surface area (Å²) in [5, 5.41) is 18.1. The summed E-state index contributed by atoms with van der Waals surface area (Å²) in [4.78, 5) is 10.6. The van der Waals surface area contributed by atoms with Crippen LogP contribution in [0, 0.1) is 0 Å². The molecule has 0 amide bonds. The topological polar surface area (TPSA) is 76.0 Å². The van der Waals surface area contributed by atoms with Crippen LogP contribution in [0.15, 0.2) is 12.1 Å². The first-order valence-electron chi connectivity index (χ1n) is 4.63. The molecule has 0 fully saturated rings. The van der Waals surface area contributed by atoms with Gasteiger partial charge in [0.1, 0.15) is 0 Å². The van der Waals surface area contributed by atoms with E-state index in [0.717, 1.165) is 12.1 Å². The Bertz CT molecular complexity index is 460. The Hall–Kier alpha value is -1.89. The molecule has 1 heterocycles. The second-order valence-corrected chi connectivity index (χ2v) is 3.39. The summed E-state index contributed by atoms with van der Waals surface area (Å²) in [5.41, 5.74) is -0.660. The van der Waals surface area contributed by atoms with E-state index in [1.807, 2.05) is 0 Å². The molecule has 0 saturated heterocycles. The minimum atomic E-state index is -2.79. The van der Waals surface area contributed by atoms with Crippen molar-refractivity contribution in [2.75, 3.05) is 6.79 Å². The number of aliphatic hydroxyl groups excluding tert-OH is 1. The third-order valence-corrected chi connectivity index (χ3v) is 2.30. The van der Waals surface area contributed by atoms with E-state index in [9.17, 15) is 18.7 Å². The summed E-state index contributed by atoms with van der Waals surface area (Å²) in [5.74, 6) is -1.54. The molecule has 0 bridgehead atoms. The average molecular weight is 246 g/mol. The smallest absolute Gasteiger partial charge is 0.337 e.